The highest BCUT2D eigenvalue weighted by Crippen LogP contribution is 2.46. The molecule has 1 aliphatic heterocycles. The summed E-state index contributed by atoms with van der Waals surface area (Å²) in [5, 5.41) is 0. The first-order chi connectivity index (χ1) is 8.38. The van der Waals surface area contributed by atoms with Gasteiger partial charge in [-0.2, -0.15) is 0 Å². The molecule has 0 amide bonds. The zero-order valence-electron chi connectivity index (χ0n) is 12.5. The van der Waals surface area contributed by atoms with Crippen molar-refractivity contribution in [3.8, 4) is 0 Å². The molecule has 2 N–H and O–H groups in total. The monoisotopic (exact) mass is 254 g/mol. The van der Waals surface area contributed by atoms with Gasteiger partial charge < -0.3 is 10.5 Å². The van der Waals surface area contributed by atoms with Gasteiger partial charge in [-0.15, -0.1) is 0 Å². The number of hydrogen-bond donors (Lipinski definition) is 1. The van der Waals surface area contributed by atoms with Crippen LogP contribution in [0.4, 0.5) is 0 Å². The maximum atomic E-state index is 6.21. The fourth-order valence-corrected chi connectivity index (χ4v) is 4.48. The summed E-state index contributed by atoms with van der Waals surface area (Å²) >= 11 is 0. The summed E-state index contributed by atoms with van der Waals surface area (Å²) in [6, 6.07) is 0.564. The average molecular weight is 254 g/mol. The first-order valence-electron chi connectivity index (χ1n) is 7.39. The van der Waals surface area contributed by atoms with E-state index in [4.69, 9.17) is 10.5 Å². The maximum Gasteiger partial charge on any atom is 0.0622 e. The van der Waals surface area contributed by atoms with E-state index in [1.54, 1.807) is 0 Å². The Kier molecular flexibility index (Phi) is 4.05. The molecule has 2 aliphatic rings. The number of hydrogen-bond acceptors (Lipinski definition) is 3. The molecule has 0 aromatic rings. The lowest BCUT2D eigenvalue weighted by Crippen LogP contribution is -2.60. The summed E-state index contributed by atoms with van der Waals surface area (Å²) in [4.78, 5) is 2.55. The number of nitrogens with zero attached hydrogens (tertiary/aromatic N) is 1. The molecule has 2 rings (SSSR count). The Morgan fingerprint density at radius 1 is 1.33 bits per heavy atom. The van der Waals surface area contributed by atoms with E-state index in [9.17, 15) is 0 Å². The minimum Gasteiger partial charge on any atom is -0.380 e. The van der Waals surface area contributed by atoms with Crippen LogP contribution >= 0.6 is 0 Å². The van der Waals surface area contributed by atoms with Crippen molar-refractivity contribution in [3.63, 3.8) is 0 Å². The molecule has 1 heterocycles. The van der Waals surface area contributed by atoms with Crippen LogP contribution in [0.25, 0.3) is 0 Å². The third-order valence-electron chi connectivity index (χ3n) is 5.02. The van der Waals surface area contributed by atoms with Gasteiger partial charge in [0.2, 0.25) is 0 Å². The van der Waals surface area contributed by atoms with Crippen LogP contribution in [0.2, 0.25) is 0 Å². The smallest absolute Gasteiger partial charge is 0.0622 e. The molecular formula is C15H30N2O. The topological polar surface area (TPSA) is 38.5 Å². The van der Waals surface area contributed by atoms with Gasteiger partial charge in [-0.25, -0.2) is 0 Å². The predicted octanol–water partition coefficient (Wildman–Crippen LogP) is 2.25. The SMILES string of the molecule is CC1CC(C)(C)CC(CN)(N(C)C2CCOC2)C1. The standard InChI is InChI=1S/C15H30N2O/c1-12-7-14(2,3)10-15(8-12,11-16)17(4)13-5-6-18-9-13/h12-13H,5-11,16H2,1-4H3. The number of likely N-dealkylation sites (N-methyl/N-ethyl adjacent to an activating group) is 1. The quantitative estimate of drug-likeness (QED) is 0.839. The molecule has 0 radical (unpaired) electrons. The highest BCUT2D eigenvalue weighted by molar-refractivity contribution is 5.02. The molecule has 0 aromatic heterocycles. The molecule has 1 saturated carbocycles. The van der Waals surface area contributed by atoms with E-state index in [2.05, 4.69) is 32.7 Å². The van der Waals surface area contributed by atoms with Crippen molar-refractivity contribution in [1.82, 2.24) is 4.90 Å². The minimum absolute atomic E-state index is 0.180. The van der Waals surface area contributed by atoms with Crippen LogP contribution in [0.3, 0.4) is 0 Å². The Morgan fingerprint density at radius 2 is 2.06 bits per heavy atom. The molecule has 0 spiro atoms. The van der Waals surface area contributed by atoms with Crippen LogP contribution in [-0.2, 0) is 4.74 Å². The Balaban J connectivity index is 2.17. The highest BCUT2D eigenvalue weighted by atomic mass is 16.5. The van der Waals surface area contributed by atoms with Crippen LogP contribution in [0.15, 0.2) is 0 Å². The van der Waals surface area contributed by atoms with Gasteiger partial charge in [0.25, 0.3) is 0 Å². The van der Waals surface area contributed by atoms with Gasteiger partial charge in [0, 0.05) is 24.7 Å². The van der Waals surface area contributed by atoms with Crippen molar-refractivity contribution < 1.29 is 4.74 Å². The average Bonchev–Trinajstić information content (AvgIpc) is 2.78. The van der Waals surface area contributed by atoms with Gasteiger partial charge in [-0.3, -0.25) is 4.90 Å². The summed E-state index contributed by atoms with van der Waals surface area (Å²) in [5.41, 5.74) is 6.80. The minimum atomic E-state index is 0.180. The fraction of sp³-hybridized carbons (Fsp3) is 1.00. The Labute approximate surface area is 112 Å². The molecular weight excluding hydrogens is 224 g/mol. The van der Waals surface area contributed by atoms with Gasteiger partial charge in [0.1, 0.15) is 0 Å². The van der Waals surface area contributed by atoms with Crippen LogP contribution < -0.4 is 5.73 Å². The first-order valence-corrected chi connectivity index (χ1v) is 7.39. The van der Waals surface area contributed by atoms with Crippen molar-refractivity contribution in [3.05, 3.63) is 0 Å². The van der Waals surface area contributed by atoms with E-state index in [1.165, 1.54) is 19.3 Å². The predicted molar refractivity (Wildman–Crippen MR) is 75.6 cm³/mol. The van der Waals surface area contributed by atoms with Crippen molar-refractivity contribution in [1.29, 1.82) is 0 Å². The zero-order valence-corrected chi connectivity index (χ0v) is 12.5. The largest absolute Gasteiger partial charge is 0.380 e. The third-order valence-corrected chi connectivity index (χ3v) is 5.02. The fourth-order valence-electron chi connectivity index (χ4n) is 4.48. The van der Waals surface area contributed by atoms with Crippen molar-refractivity contribution >= 4 is 0 Å². The number of rotatable bonds is 3. The van der Waals surface area contributed by atoms with Gasteiger partial charge in [-0.05, 0) is 44.1 Å². The van der Waals surface area contributed by atoms with Crippen LogP contribution in [0, 0.1) is 11.3 Å². The molecule has 0 bridgehead atoms. The Hall–Kier alpha value is -0.120. The van der Waals surface area contributed by atoms with Crippen LogP contribution in [0.1, 0.15) is 46.5 Å². The van der Waals surface area contributed by atoms with E-state index in [-0.39, 0.29) is 5.54 Å². The van der Waals surface area contributed by atoms with Gasteiger partial charge >= 0.3 is 0 Å². The zero-order chi connectivity index (χ0) is 13.4. The van der Waals surface area contributed by atoms with E-state index >= 15 is 0 Å². The van der Waals surface area contributed by atoms with E-state index in [0.717, 1.165) is 32.1 Å². The van der Waals surface area contributed by atoms with Crippen LogP contribution in [-0.4, -0.2) is 43.3 Å². The lowest BCUT2D eigenvalue weighted by Gasteiger charge is -2.53. The summed E-state index contributed by atoms with van der Waals surface area (Å²) in [6.07, 6.45) is 4.94. The second kappa shape index (κ2) is 5.10. The first kappa shape index (κ1) is 14.3. The molecule has 106 valence electrons. The Bertz CT molecular complexity index is 286. The van der Waals surface area contributed by atoms with Crippen molar-refractivity contribution in [2.24, 2.45) is 17.1 Å². The lowest BCUT2D eigenvalue weighted by atomic mass is 9.63. The van der Waals surface area contributed by atoms with Crippen LogP contribution in [0.5, 0.6) is 0 Å². The van der Waals surface area contributed by atoms with Crippen molar-refractivity contribution in [2.75, 3.05) is 26.8 Å². The molecule has 3 unspecified atom stereocenters. The molecule has 0 aromatic carbocycles. The molecule has 1 aliphatic carbocycles. The molecule has 18 heavy (non-hydrogen) atoms. The normalized spacial score (nSPS) is 40.3. The maximum absolute atomic E-state index is 6.21. The number of nitrogens with two attached hydrogens (primary N) is 1. The molecule has 1 saturated heterocycles. The summed E-state index contributed by atoms with van der Waals surface area (Å²) in [6.45, 7) is 9.73. The Morgan fingerprint density at radius 3 is 2.56 bits per heavy atom. The van der Waals surface area contributed by atoms with Gasteiger partial charge in [0.05, 0.1) is 6.61 Å². The summed E-state index contributed by atoms with van der Waals surface area (Å²) in [5.74, 6) is 0.766. The highest BCUT2D eigenvalue weighted by Gasteiger charge is 2.46. The molecule has 2 fully saturated rings. The molecule has 3 nitrogen and oxygen atoms in total. The van der Waals surface area contributed by atoms with Gasteiger partial charge in [-0.1, -0.05) is 20.8 Å². The van der Waals surface area contributed by atoms with E-state index in [0.29, 0.717) is 11.5 Å². The summed E-state index contributed by atoms with van der Waals surface area (Å²) in [7, 11) is 2.26. The third kappa shape index (κ3) is 2.73. The second-order valence-corrected chi connectivity index (χ2v) is 7.41. The van der Waals surface area contributed by atoms with Gasteiger partial charge in [0.15, 0.2) is 0 Å². The lowest BCUT2D eigenvalue weighted by molar-refractivity contribution is -0.0215. The van der Waals surface area contributed by atoms with Crippen molar-refractivity contribution in [2.45, 2.75) is 58.0 Å². The molecule has 3 heteroatoms. The second-order valence-electron chi connectivity index (χ2n) is 7.41. The summed E-state index contributed by atoms with van der Waals surface area (Å²) < 4.78 is 5.55. The van der Waals surface area contributed by atoms with E-state index in [1.807, 2.05) is 0 Å². The molecule has 3 atom stereocenters. The van der Waals surface area contributed by atoms with E-state index < -0.39 is 0 Å². The number of ether oxygens (including phenoxy) is 1.